The second-order valence-electron chi connectivity index (χ2n) is 7.22. The van der Waals surface area contributed by atoms with Crippen LogP contribution in [0, 0.1) is 5.82 Å². The third-order valence-electron chi connectivity index (χ3n) is 5.35. The summed E-state index contributed by atoms with van der Waals surface area (Å²) in [6.07, 6.45) is 3.84. The van der Waals surface area contributed by atoms with Gasteiger partial charge in [0.25, 0.3) is 5.91 Å². The van der Waals surface area contributed by atoms with Gasteiger partial charge in [0, 0.05) is 23.7 Å². The fraction of sp³-hybridized carbons (Fsp3) is 0.304. The van der Waals surface area contributed by atoms with Crippen LogP contribution in [0.1, 0.15) is 47.8 Å². The third-order valence-corrected chi connectivity index (χ3v) is 5.35. The first-order valence-electron chi connectivity index (χ1n) is 9.83. The minimum Gasteiger partial charge on any atom is -0.497 e. The molecule has 1 saturated heterocycles. The predicted molar refractivity (Wildman–Crippen MR) is 107 cm³/mol. The predicted octanol–water partition coefficient (Wildman–Crippen LogP) is 5.25. The first kappa shape index (κ1) is 19.2. The fourth-order valence-corrected chi connectivity index (χ4v) is 3.75. The zero-order valence-corrected chi connectivity index (χ0v) is 16.3. The maximum Gasteiger partial charge on any atom is 0.254 e. The molecule has 0 aliphatic carbocycles. The standard InChI is InChI=1S/C23H23FN2O3/c1-28-19-12-8-16(9-13-19)22-15-20(25-29-22)21-5-3-2-4-14-26(21)23(27)17-6-10-18(24)11-7-17/h6-13,15,21H,2-5,14H2,1H3/t21-/m0/s1. The van der Waals surface area contributed by atoms with Crippen molar-refractivity contribution in [3.05, 3.63) is 71.7 Å². The van der Waals surface area contributed by atoms with Crippen LogP contribution in [0.5, 0.6) is 5.75 Å². The Hall–Kier alpha value is -3.15. The van der Waals surface area contributed by atoms with Gasteiger partial charge in [-0.15, -0.1) is 0 Å². The summed E-state index contributed by atoms with van der Waals surface area (Å²) >= 11 is 0. The fourth-order valence-electron chi connectivity index (χ4n) is 3.75. The second kappa shape index (κ2) is 8.47. The van der Waals surface area contributed by atoms with E-state index in [4.69, 9.17) is 9.26 Å². The Morgan fingerprint density at radius 3 is 2.59 bits per heavy atom. The maximum absolute atomic E-state index is 13.3. The molecule has 2 heterocycles. The molecule has 0 unspecified atom stereocenters. The zero-order valence-electron chi connectivity index (χ0n) is 16.3. The molecule has 150 valence electrons. The summed E-state index contributed by atoms with van der Waals surface area (Å²) in [6.45, 7) is 0.644. The van der Waals surface area contributed by atoms with E-state index in [2.05, 4.69) is 5.16 Å². The van der Waals surface area contributed by atoms with Crippen LogP contribution < -0.4 is 4.74 Å². The van der Waals surface area contributed by atoms with Crippen molar-refractivity contribution in [2.75, 3.05) is 13.7 Å². The molecule has 0 spiro atoms. The van der Waals surface area contributed by atoms with Crippen LogP contribution in [0.25, 0.3) is 11.3 Å². The molecule has 5 nitrogen and oxygen atoms in total. The van der Waals surface area contributed by atoms with Gasteiger partial charge in [-0.1, -0.05) is 18.0 Å². The SMILES string of the molecule is COc1ccc(-c2cc([C@@H]3CCCCCN3C(=O)c3ccc(F)cc3)no2)cc1. The highest BCUT2D eigenvalue weighted by Gasteiger charge is 2.30. The van der Waals surface area contributed by atoms with Crippen molar-refractivity contribution in [1.29, 1.82) is 0 Å². The Morgan fingerprint density at radius 2 is 1.86 bits per heavy atom. The van der Waals surface area contributed by atoms with Crippen molar-refractivity contribution in [1.82, 2.24) is 10.1 Å². The molecular formula is C23H23FN2O3. The lowest BCUT2D eigenvalue weighted by molar-refractivity contribution is 0.0674. The minimum atomic E-state index is -0.352. The minimum absolute atomic E-state index is 0.106. The Labute approximate surface area is 169 Å². The normalized spacial score (nSPS) is 17.0. The van der Waals surface area contributed by atoms with E-state index in [1.807, 2.05) is 35.2 Å². The number of carbonyl (C=O) groups is 1. The summed E-state index contributed by atoms with van der Waals surface area (Å²) in [5, 5.41) is 4.28. The number of ether oxygens (including phenoxy) is 1. The Bertz CT molecular complexity index is 967. The Morgan fingerprint density at radius 1 is 1.10 bits per heavy atom. The molecule has 0 N–H and O–H groups in total. The van der Waals surface area contributed by atoms with E-state index >= 15 is 0 Å². The van der Waals surface area contributed by atoms with Crippen LogP contribution in [0.3, 0.4) is 0 Å². The molecule has 1 aliphatic rings. The lowest BCUT2D eigenvalue weighted by Gasteiger charge is -2.28. The molecule has 1 aromatic heterocycles. The molecule has 2 aromatic carbocycles. The zero-order chi connectivity index (χ0) is 20.2. The van der Waals surface area contributed by atoms with Gasteiger partial charge in [0.15, 0.2) is 5.76 Å². The van der Waals surface area contributed by atoms with Gasteiger partial charge in [-0.3, -0.25) is 4.79 Å². The number of methoxy groups -OCH3 is 1. The monoisotopic (exact) mass is 394 g/mol. The van der Waals surface area contributed by atoms with Crippen LogP contribution in [-0.4, -0.2) is 29.6 Å². The molecule has 0 bridgehead atoms. The summed E-state index contributed by atoms with van der Waals surface area (Å²) in [5.41, 5.74) is 2.12. The molecular weight excluding hydrogens is 371 g/mol. The number of rotatable bonds is 4. The van der Waals surface area contributed by atoms with Gasteiger partial charge in [-0.25, -0.2) is 4.39 Å². The molecule has 0 radical (unpaired) electrons. The summed E-state index contributed by atoms with van der Waals surface area (Å²) in [5.74, 6) is 0.968. The van der Waals surface area contributed by atoms with E-state index in [0.29, 0.717) is 17.9 Å². The van der Waals surface area contributed by atoms with Crippen molar-refractivity contribution in [3.8, 4) is 17.1 Å². The molecule has 0 saturated carbocycles. The average Bonchev–Trinajstić information content (AvgIpc) is 3.11. The van der Waals surface area contributed by atoms with E-state index < -0.39 is 0 Å². The smallest absolute Gasteiger partial charge is 0.254 e. The summed E-state index contributed by atoms with van der Waals surface area (Å²) in [4.78, 5) is 15.0. The van der Waals surface area contributed by atoms with Gasteiger partial charge in [-0.05, 0) is 61.4 Å². The van der Waals surface area contributed by atoms with Gasteiger partial charge < -0.3 is 14.2 Å². The highest BCUT2D eigenvalue weighted by Crippen LogP contribution is 2.33. The van der Waals surface area contributed by atoms with E-state index in [1.54, 1.807) is 7.11 Å². The van der Waals surface area contributed by atoms with Crippen molar-refractivity contribution in [2.45, 2.75) is 31.7 Å². The van der Waals surface area contributed by atoms with E-state index in [-0.39, 0.29) is 17.8 Å². The van der Waals surface area contributed by atoms with Crippen molar-refractivity contribution in [2.24, 2.45) is 0 Å². The van der Waals surface area contributed by atoms with E-state index in [1.165, 1.54) is 24.3 Å². The van der Waals surface area contributed by atoms with Gasteiger partial charge >= 0.3 is 0 Å². The number of carbonyl (C=O) groups excluding carboxylic acids is 1. The maximum atomic E-state index is 13.3. The number of amides is 1. The molecule has 1 amide bonds. The van der Waals surface area contributed by atoms with Crippen LogP contribution in [0.2, 0.25) is 0 Å². The van der Waals surface area contributed by atoms with Crippen molar-refractivity contribution >= 4 is 5.91 Å². The summed E-state index contributed by atoms with van der Waals surface area (Å²) in [6, 6.07) is 15.0. The lowest BCUT2D eigenvalue weighted by atomic mass is 10.0. The lowest BCUT2D eigenvalue weighted by Crippen LogP contribution is -2.35. The first-order chi connectivity index (χ1) is 14.2. The topological polar surface area (TPSA) is 55.6 Å². The quantitative estimate of drug-likeness (QED) is 0.607. The number of aromatic nitrogens is 1. The Balaban J connectivity index is 1.61. The molecule has 1 aliphatic heterocycles. The largest absolute Gasteiger partial charge is 0.497 e. The van der Waals surface area contributed by atoms with Crippen LogP contribution in [0.15, 0.2) is 59.1 Å². The number of halogens is 1. The van der Waals surface area contributed by atoms with E-state index in [0.717, 1.165) is 42.7 Å². The first-order valence-corrected chi connectivity index (χ1v) is 9.83. The van der Waals surface area contributed by atoms with Gasteiger partial charge in [-0.2, -0.15) is 0 Å². The molecule has 1 fully saturated rings. The summed E-state index contributed by atoms with van der Waals surface area (Å²) < 4.78 is 24.0. The van der Waals surface area contributed by atoms with Crippen LogP contribution >= 0.6 is 0 Å². The molecule has 6 heteroatoms. The van der Waals surface area contributed by atoms with Crippen LogP contribution in [0.4, 0.5) is 4.39 Å². The number of likely N-dealkylation sites (tertiary alicyclic amines) is 1. The van der Waals surface area contributed by atoms with Gasteiger partial charge in [0.1, 0.15) is 17.3 Å². The highest BCUT2D eigenvalue weighted by molar-refractivity contribution is 5.94. The molecule has 29 heavy (non-hydrogen) atoms. The number of nitrogens with zero attached hydrogens (tertiary/aromatic N) is 2. The van der Waals surface area contributed by atoms with Crippen molar-refractivity contribution < 1.29 is 18.4 Å². The average molecular weight is 394 g/mol. The molecule has 4 rings (SSSR count). The number of hydrogen-bond donors (Lipinski definition) is 0. The van der Waals surface area contributed by atoms with Gasteiger partial charge in [0.05, 0.1) is 13.2 Å². The molecule has 3 aromatic rings. The number of benzene rings is 2. The highest BCUT2D eigenvalue weighted by atomic mass is 19.1. The van der Waals surface area contributed by atoms with E-state index in [9.17, 15) is 9.18 Å². The molecule has 1 atom stereocenters. The van der Waals surface area contributed by atoms with Crippen molar-refractivity contribution in [3.63, 3.8) is 0 Å². The summed E-state index contributed by atoms with van der Waals surface area (Å²) in [7, 11) is 1.63. The third kappa shape index (κ3) is 4.16. The second-order valence-corrected chi connectivity index (χ2v) is 7.22. The number of hydrogen-bond acceptors (Lipinski definition) is 4. The Kier molecular flexibility index (Phi) is 5.60. The van der Waals surface area contributed by atoms with Gasteiger partial charge in [0.2, 0.25) is 0 Å². The van der Waals surface area contributed by atoms with Crippen LogP contribution in [-0.2, 0) is 0 Å².